The molecule has 26 nitrogen and oxygen atoms in total. The summed E-state index contributed by atoms with van der Waals surface area (Å²) in [4.78, 5) is 73.9. The molecule has 0 spiro atoms. The number of carbonyl (C=O) groups excluding carboxylic acids is 1. The third kappa shape index (κ3) is 30.3. The standard InChI is InChI=1S/2C13H15N3.C12H15N3.C12H13N3.C8H10O2S.C7H6ClN3.C7H9F3O3S.C7H12.C6H11BO2.C6H4ClN3.C6H10O.CH3.Pd/c1-2-5-13(7-9(13)3-1)11-10-4-6-14-12(10)16-8-15-11;1-16-8-7-11-12(14-9-15-13(11)16)10-5-3-2-4-6-10;2*1-2-4-9(5-3-1)11-10-6-7-13-12(10)15-8-14-11;1-7-3-5-8(6-4-7)11(2,9)10;1-11-3-2-5-6(8)9-4-10-7(5)11;8-7(9,10)14(11,12)13-6-4-2-1-3-5-6;1-7-5-3-2-4-6-7;8-7(9)6-4-2-1-3-5-6;7-5-4-1-2-8-6(4)10-3-9-5;7-6-4-2-1-3-5-6;;/h4,6,8-9H,1-3,5,7H2,(H,14,15,16);5,7-9H,2-4,6H2,1H3;6-9H,1-5H2,(H,13,14,15);4,6-8H,1-3,5H2,(H,13,14,15);3-6H,1-2H3;2-4H,1H3;4H,1-3,5H2;5H,2-4,6H2,1H3;4,8-9H,1-3,5H2;1-3H,(H,8,9,10);1-5H2;1H3;/q;;;;;;;;;;;-1;. The average molecular weight is 1990 g/mol. The fourth-order valence-corrected chi connectivity index (χ4v) is 19.1. The molecular weight excluding hydrogens is 1870 g/mol. The molecule has 35 heteroatoms. The third-order valence-corrected chi connectivity index (χ3v) is 27.5. The number of nitrogens with zero attached hydrogens (tertiary/aromatic N) is 14. The van der Waals surface area contributed by atoms with E-state index in [2.05, 4.69) is 133 Å². The van der Waals surface area contributed by atoms with Crippen LogP contribution in [0.5, 0.6) is 0 Å². The minimum atomic E-state index is -5.47. The summed E-state index contributed by atoms with van der Waals surface area (Å²) in [6.07, 6.45) is 73.3. The number of sulfone groups is 1. The van der Waals surface area contributed by atoms with Gasteiger partial charge in [-0.25, -0.2) is 68.2 Å². The molecule has 2 atom stereocenters. The third-order valence-electron chi connectivity index (χ3n) is 24.8. The number of rotatable bonds is 8. The van der Waals surface area contributed by atoms with Gasteiger partial charge in [-0.1, -0.05) is 109 Å². The quantitative estimate of drug-likeness (QED) is 0.0205. The summed E-state index contributed by atoms with van der Waals surface area (Å²) in [5, 5.41) is 24.9. The second kappa shape index (κ2) is 51.6. The molecule has 4 fully saturated rings. The van der Waals surface area contributed by atoms with Crippen molar-refractivity contribution in [3.05, 3.63) is 229 Å². The van der Waals surface area contributed by atoms with Crippen molar-refractivity contribution < 1.29 is 69.5 Å². The van der Waals surface area contributed by atoms with Gasteiger partial charge in [-0.05, 0) is 258 Å². The molecule has 1 aromatic carbocycles. The average Bonchev–Trinajstić information content (AvgIpc) is 1.55. The van der Waals surface area contributed by atoms with Gasteiger partial charge in [-0.15, -0.1) is 0 Å². The maximum absolute atomic E-state index is 11.8. The first kappa shape index (κ1) is 105. The van der Waals surface area contributed by atoms with Gasteiger partial charge in [0, 0.05) is 130 Å². The largest absolute Gasteiger partial charge is 0.534 e. The number of carbonyl (C=O) groups is 1. The molecule has 714 valence electrons. The first-order valence-corrected chi connectivity index (χ1v) is 49.8. The number of aryl methyl sites for hydroxylation is 3. The first-order valence-electron chi connectivity index (χ1n) is 45.8. The number of H-pyrrole nitrogens is 4. The van der Waals surface area contributed by atoms with Crippen LogP contribution in [-0.4, -0.2) is 140 Å². The second-order valence-corrected chi connectivity index (χ2v) is 38.7. The number of hydrogen-bond acceptors (Lipinski definition) is 20. The van der Waals surface area contributed by atoms with E-state index in [1.54, 1.807) is 61.3 Å². The van der Waals surface area contributed by atoms with Crippen molar-refractivity contribution in [2.75, 3.05) is 6.26 Å². The maximum Gasteiger partial charge on any atom is 0.534 e. The van der Waals surface area contributed by atoms with E-state index in [1.165, 1.54) is 205 Å². The Morgan fingerprint density at radius 1 is 0.474 bits per heavy atom. The molecule has 9 aliphatic rings. The monoisotopic (exact) mass is 1990 g/mol. The van der Waals surface area contributed by atoms with E-state index in [0.717, 1.165) is 143 Å². The molecule has 6 N–H and O–H groups in total. The number of benzene rings is 1. The topological polar surface area (TPSA) is 363 Å². The fourth-order valence-electron chi connectivity index (χ4n) is 17.5. The Labute approximate surface area is 801 Å². The molecule has 0 aliphatic heterocycles. The summed E-state index contributed by atoms with van der Waals surface area (Å²) in [7, 11) is -5.74. The summed E-state index contributed by atoms with van der Waals surface area (Å²) in [5.74, 6) is 1.91. The number of halogens is 5. The van der Waals surface area contributed by atoms with Crippen molar-refractivity contribution >= 4 is 133 Å². The zero-order chi connectivity index (χ0) is 92.8. The molecule has 4 saturated carbocycles. The summed E-state index contributed by atoms with van der Waals surface area (Å²) in [5.41, 5.74) is 11.7. The van der Waals surface area contributed by atoms with Gasteiger partial charge in [0.1, 0.15) is 93.7 Å². The Morgan fingerprint density at radius 3 is 1.43 bits per heavy atom. The van der Waals surface area contributed by atoms with Crippen LogP contribution >= 0.6 is 23.2 Å². The smallest absolute Gasteiger partial charge is 0.423 e. The summed E-state index contributed by atoms with van der Waals surface area (Å²) in [6, 6.07) is 18.9. The van der Waals surface area contributed by atoms with Crippen molar-refractivity contribution in [2.45, 2.75) is 260 Å². The van der Waals surface area contributed by atoms with Crippen LogP contribution in [0.15, 0.2) is 188 Å². The Hall–Kier alpha value is -9.97. The van der Waals surface area contributed by atoms with E-state index in [-0.39, 0.29) is 40.0 Å². The van der Waals surface area contributed by atoms with Gasteiger partial charge in [0.05, 0.1) is 38.4 Å². The van der Waals surface area contributed by atoms with E-state index >= 15 is 0 Å². The van der Waals surface area contributed by atoms with Crippen LogP contribution in [0.1, 0.15) is 266 Å². The molecule has 0 saturated heterocycles. The van der Waals surface area contributed by atoms with Gasteiger partial charge in [-0.3, -0.25) is 4.79 Å². The number of ketones is 1. The predicted molar refractivity (Wildman–Crippen MR) is 520 cm³/mol. The Bertz CT molecular complexity index is 6300. The molecule has 9 aliphatic carbocycles. The molecule has 0 radical (unpaired) electrons. The van der Waals surface area contributed by atoms with Gasteiger partial charge in [0.25, 0.3) is 0 Å². The van der Waals surface area contributed by atoms with Gasteiger partial charge >= 0.3 is 22.7 Å². The molecule has 133 heavy (non-hydrogen) atoms. The van der Waals surface area contributed by atoms with Gasteiger partial charge in [0.2, 0.25) is 0 Å². The van der Waals surface area contributed by atoms with Crippen LogP contribution in [0.2, 0.25) is 10.3 Å². The number of alkyl halides is 3. The van der Waals surface area contributed by atoms with E-state index in [9.17, 15) is 34.8 Å². The molecule has 0 bridgehead atoms. The van der Waals surface area contributed by atoms with Crippen molar-refractivity contribution in [2.24, 2.45) is 20.0 Å². The number of nitrogens with one attached hydrogen (secondary N) is 4. The number of fused-ring (bicyclic) bond motifs is 7. The minimum absolute atomic E-state index is 0. The van der Waals surface area contributed by atoms with Crippen LogP contribution in [0.3, 0.4) is 0 Å². The number of allylic oxidation sites excluding steroid dienone is 10. The van der Waals surface area contributed by atoms with Crippen LogP contribution in [0, 0.1) is 20.3 Å². The zero-order valence-electron chi connectivity index (χ0n) is 76.7. The Morgan fingerprint density at radius 2 is 0.932 bits per heavy atom. The SMILES string of the molecule is C1=C(c2ncnc3[nH]ccc23)CCCC1.CC1=CCCCC1.Cc1ccc(S(C)(=O)=O)cc1.Clc1ncnc2[nH]ccc12.Cn1ccc2c(C3=CCCCC3)ncnc21.Cn1ccc2c(Cl)ncnc21.O=C1CCCCC1.O=S(=O)(OC1=CCCCC1)C(F)(F)F.OB(O)C1=CCCCC1.[CH3-].[Pd].c1nc(C23CCCCC2C3)c2cc[nH]c2n1.c1nc(C2CCCCC2)c2cc[nH]c2n1. The fraction of sp³-hybridized carbons (Fsp3) is 0.449. The Kier molecular flexibility index (Phi) is 40.8. The molecule has 2 unspecified atom stereocenters. The minimum Gasteiger partial charge on any atom is -0.423 e. The van der Waals surface area contributed by atoms with Crippen LogP contribution in [0.25, 0.3) is 77.3 Å². The molecule has 12 heterocycles. The van der Waals surface area contributed by atoms with Crippen molar-refractivity contribution in [3.8, 4) is 0 Å². The van der Waals surface area contributed by atoms with Gasteiger partial charge in [0.15, 0.2) is 9.84 Å². The number of aromatic nitrogens is 18. The van der Waals surface area contributed by atoms with Crippen molar-refractivity contribution in [3.63, 3.8) is 0 Å². The van der Waals surface area contributed by atoms with Gasteiger partial charge < -0.3 is 50.7 Å². The summed E-state index contributed by atoms with van der Waals surface area (Å²) < 4.78 is 86.4. The first-order chi connectivity index (χ1) is 63.2. The number of hydrogen-bond donors (Lipinski definition) is 6. The second-order valence-electron chi connectivity index (χ2n) is 34.4. The summed E-state index contributed by atoms with van der Waals surface area (Å²) >= 11 is 11.5. The van der Waals surface area contributed by atoms with Gasteiger partial charge in [-0.2, -0.15) is 21.6 Å². The van der Waals surface area contributed by atoms with E-state index in [4.69, 9.17) is 33.2 Å². The number of aromatic amines is 4. The van der Waals surface area contributed by atoms with E-state index in [0.29, 0.717) is 45.2 Å². The normalized spacial score (nSPS) is 18.1. The Balaban J connectivity index is 0.000000153. The van der Waals surface area contributed by atoms with Crippen LogP contribution in [0.4, 0.5) is 13.2 Å². The maximum atomic E-state index is 11.8. The molecule has 12 aromatic heterocycles. The molecule has 0 amide bonds. The number of Topliss-reactive ketones (excluding diaryl/α,β-unsaturated/α-hetero) is 1. The predicted octanol–water partition coefficient (Wildman–Crippen LogP) is 23.6. The van der Waals surface area contributed by atoms with Crippen molar-refractivity contribution in [1.82, 2.24) is 88.9 Å². The van der Waals surface area contributed by atoms with E-state index in [1.807, 2.05) is 79.3 Å². The molecular formula is C98H123BCl2F3N18O8PdS2-. The van der Waals surface area contributed by atoms with E-state index < -0.39 is 32.6 Å². The van der Waals surface area contributed by atoms with Crippen LogP contribution in [-0.2, 0) is 68.9 Å². The summed E-state index contributed by atoms with van der Waals surface area (Å²) in [6.45, 7) is 4.14. The van der Waals surface area contributed by atoms with Crippen molar-refractivity contribution in [1.29, 1.82) is 0 Å². The van der Waals surface area contributed by atoms with Crippen LogP contribution < -0.4 is 0 Å². The molecule has 13 aromatic rings. The molecule has 22 rings (SSSR count). The zero-order valence-corrected chi connectivity index (χ0v) is 81.4.